The van der Waals surface area contributed by atoms with Gasteiger partial charge in [0.15, 0.2) is 0 Å². The number of hydrogen-bond acceptors (Lipinski definition) is 3. The van der Waals surface area contributed by atoms with E-state index in [0.717, 1.165) is 28.8 Å². The molecule has 1 N–H and O–H groups in total. The fourth-order valence-corrected chi connectivity index (χ4v) is 3.87. The van der Waals surface area contributed by atoms with Crippen LogP contribution in [0.3, 0.4) is 0 Å². The maximum absolute atomic E-state index is 12.5. The number of hydrogen-bond donors (Lipinski definition) is 2. The Kier molecular flexibility index (Phi) is 3.62. The molecule has 1 saturated carbocycles. The minimum Gasteiger partial charge on any atom is -0.393 e. The second-order valence-electron chi connectivity index (χ2n) is 5.44. The summed E-state index contributed by atoms with van der Waals surface area (Å²) in [6.45, 7) is 1.44. The fraction of sp³-hybridized carbons (Fsp3) is 0.500. The van der Waals surface area contributed by atoms with Gasteiger partial charge >= 0.3 is 0 Å². The van der Waals surface area contributed by atoms with Crippen LogP contribution in [0.15, 0.2) is 27.6 Å². The molecule has 3 unspecified atom stereocenters. The molecule has 19 heavy (non-hydrogen) atoms. The maximum atomic E-state index is 12.5. The lowest BCUT2D eigenvalue weighted by Gasteiger charge is -2.19. The number of carbonyl (C=O) groups excluding carboxylic acids is 1. The summed E-state index contributed by atoms with van der Waals surface area (Å²) in [6, 6.07) is 5.49. The van der Waals surface area contributed by atoms with Gasteiger partial charge in [-0.15, -0.1) is 12.6 Å². The Morgan fingerprint density at radius 3 is 2.89 bits per heavy atom. The predicted molar refractivity (Wildman–Crippen MR) is 79.5 cm³/mol. The van der Waals surface area contributed by atoms with Gasteiger partial charge in [-0.3, -0.25) is 4.79 Å². The van der Waals surface area contributed by atoms with Crippen molar-refractivity contribution in [2.24, 2.45) is 11.8 Å². The molecule has 3 atom stereocenters. The van der Waals surface area contributed by atoms with Gasteiger partial charge in [0.2, 0.25) is 0 Å². The summed E-state index contributed by atoms with van der Waals surface area (Å²) in [6.07, 6.45) is 1.68. The number of rotatable bonds is 1. The van der Waals surface area contributed by atoms with Crippen molar-refractivity contribution in [1.29, 1.82) is 0 Å². The van der Waals surface area contributed by atoms with Crippen LogP contribution in [0.25, 0.3) is 0 Å². The lowest BCUT2D eigenvalue weighted by Crippen LogP contribution is -2.31. The summed E-state index contributed by atoms with van der Waals surface area (Å²) in [4.78, 5) is 15.2. The molecule has 0 radical (unpaired) electrons. The van der Waals surface area contributed by atoms with E-state index in [1.54, 1.807) is 6.07 Å². The molecule has 0 aromatic heterocycles. The SMILES string of the molecule is O=C(c1cc(S)ccc1Br)N1CC2CCC(O)C2C1. The molecule has 5 heteroatoms. The first kappa shape index (κ1) is 13.5. The monoisotopic (exact) mass is 341 g/mol. The first-order valence-electron chi connectivity index (χ1n) is 6.52. The van der Waals surface area contributed by atoms with Gasteiger partial charge in [-0.2, -0.15) is 0 Å². The van der Waals surface area contributed by atoms with Crippen molar-refractivity contribution in [1.82, 2.24) is 4.90 Å². The first-order chi connectivity index (χ1) is 9.06. The largest absolute Gasteiger partial charge is 0.393 e. The highest BCUT2D eigenvalue weighted by Gasteiger charge is 2.43. The summed E-state index contributed by atoms with van der Waals surface area (Å²) in [7, 11) is 0. The van der Waals surface area contributed by atoms with Gasteiger partial charge in [0.1, 0.15) is 0 Å². The molecule has 2 fully saturated rings. The molecule has 1 amide bonds. The molecule has 2 aliphatic rings. The van der Waals surface area contributed by atoms with E-state index < -0.39 is 0 Å². The maximum Gasteiger partial charge on any atom is 0.255 e. The molecule has 1 aromatic rings. The van der Waals surface area contributed by atoms with Crippen LogP contribution in [0.4, 0.5) is 0 Å². The number of thiol groups is 1. The summed E-state index contributed by atoms with van der Waals surface area (Å²) < 4.78 is 0.799. The molecule has 1 aromatic carbocycles. The minimum atomic E-state index is -0.234. The number of halogens is 1. The Balaban J connectivity index is 1.80. The zero-order valence-electron chi connectivity index (χ0n) is 10.4. The molecule has 1 aliphatic carbocycles. The molecule has 0 bridgehead atoms. The van der Waals surface area contributed by atoms with Crippen LogP contribution in [0, 0.1) is 11.8 Å². The second kappa shape index (κ2) is 5.11. The summed E-state index contributed by atoms with van der Waals surface area (Å²) in [5, 5.41) is 9.91. The zero-order valence-corrected chi connectivity index (χ0v) is 12.9. The van der Waals surface area contributed by atoms with Crippen molar-refractivity contribution in [3.63, 3.8) is 0 Å². The normalized spacial score (nSPS) is 29.6. The third kappa shape index (κ3) is 2.43. The van der Waals surface area contributed by atoms with Crippen LogP contribution < -0.4 is 0 Å². The number of nitrogens with zero attached hydrogens (tertiary/aromatic N) is 1. The van der Waals surface area contributed by atoms with Crippen molar-refractivity contribution >= 4 is 34.5 Å². The molecular formula is C14H16BrNO2S. The lowest BCUT2D eigenvalue weighted by molar-refractivity contribution is 0.0751. The summed E-state index contributed by atoms with van der Waals surface area (Å²) in [5.41, 5.74) is 0.655. The number of likely N-dealkylation sites (tertiary alicyclic amines) is 1. The first-order valence-corrected chi connectivity index (χ1v) is 7.76. The van der Waals surface area contributed by atoms with Crippen molar-refractivity contribution in [2.75, 3.05) is 13.1 Å². The Bertz CT molecular complexity index is 522. The summed E-state index contributed by atoms with van der Waals surface area (Å²) in [5.74, 6) is 0.767. The standard InChI is InChI=1S/C14H16BrNO2S/c15-12-3-2-9(19)5-10(12)14(18)16-6-8-1-4-13(17)11(8)7-16/h2-3,5,8,11,13,17,19H,1,4,6-7H2. The average molecular weight is 342 g/mol. The number of amides is 1. The van der Waals surface area contributed by atoms with Crippen LogP contribution in [-0.2, 0) is 0 Å². The van der Waals surface area contributed by atoms with Gasteiger partial charge in [-0.25, -0.2) is 0 Å². The second-order valence-corrected chi connectivity index (χ2v) is 6.81. The van der Waals surface area contributed by atoms with Crippen molar-refractivity contribution < 1.29 is 9.90 Å². The third-order valence-corrected chi connectivity index (χ3v) is 5.26. The minimum absolute atomic E-state index is 0.0318. The smallest absolute Gasteiger partial charge is 0.255 e. The van der Waals surface area contributed by atoms with Gasteiger partial charge in [-0.05, 0) is 52.9 Å². The van der Waals surface area contributed by atoms with Crippen LogP contribution in [0.5, 0.6) is 0 Å². The number of benzene rings is 1. The zero-order chi connectivity index (χ0) is 13.6. The molecule has 1 aliphatic heterocycles. The number of carbonyl (C=O) groups is 1. The Hall–Kier alpha value is -0.520. The van der Waals surface area contributed by atoms with Crippen molar-refractivity contribution in [3.05, 3.63) is 28.2 Å². The highest BCUT2D eigenvalue weighted by atomic mass is 79.9. The predicted octanol–water partition coefficient (Wildman–Crippen LogP) is 2.58. The highest BCUT2D eigenvalue weighted by molar-refractivity contribution is 9.10. The number of aliphatic hydroxyl groups is 1. The lowest BCUT2D eigenvalue weighted by atomic mass is 10.00. The van der Waals surface area contributed by atoms with E-state index in [1.807, 2.05) is 17.0 Å². The van der Waals surface area contributed by atoms with Crippen molar-refractivity contribution in [2.45, 2.75) is 23.8 Å². The van der Waals surface area contributed by atoms with Crippen LogP contribution in [-0.4, -0.2) is 35.1 Å². The van der Waals surface area contributed by atoms with E-state index in [2.05, 4.69) is 28.6 Å². The van der Waals surface area contributed by atoms with Crippen LogP contribution >= 0.6 is 28.6 Å². The van der Waals surface area contributed by atoms with Gasteiger partial charge in [0.05, 0.1) is 11.7 Å². The molecule has 3 nitrogen and oxygen atoms in total. The number of fused-ring (bicyclic) bond motifs is 1. The van der Waals surface area contributed by atoms with E-state index in [-0.39, 0.29) is 17.9 Å². The van der Waals surface area contributed by atoms with Crippen LogP contribution in [0.2, 0.25) is 0 Å². The molecule has 102 valence electrons. The quantitative estimate of drug-likeness (QED) is 0.771. The molecular weight excluding hydrogens is 326 g/mol. The van der Waals surface area contributed by atoms with Gasteiger partial charge in [-0.1, -0.05) is 0 Å². The van der Waals surface area contributed by atoms with E-state index in [0.29, 0.717) is 18.0 Å². The van der Waals surface area contributed by atoms with E-state index in [4.69, 9.17) is 0 Å². The molecule has 3 rings (SSSR count). The third-order valence-electron chi connectivity index (χ3n) is 4.29. The summed E-state index contributed by atoms with van der Waals surface area (Å²) >= 11 is 7.71. The Morgan fingerprint density at radius 2 is 2.16 bits per heavy atom. The molecule has 1 saturated heterocycles. The van der Waals surface area contributed by atoms with Crippen molar-refractivity contribution in [3.8, 4) is 0 Å². The average Bonchev–Trinajstić information content (AvgIpc) is 2.94. The molecule has 1 heterocycles. The fourth-order valence-electron chi connectivity index (χ4n) is 3.25. The van der Waals surface area contributed by atoms with E-state index in [9.17, 15) is 9.90 Å². The van der Waals surface area contributed by atoms with E-state index >= 15 is 0 Å². The number of aliphatic hydroxyl groups excluding tert-OH is 1. The van der Waals surface area contributed by atoms with Gasteiger partial charge in [0, 0.05) is 28.4 Å². The van der Waals surface area contributed by atoms with Gasteiger partial charge in [0.25, 0.3) is 5.91 Å². The molecule has 0 spiro atoms. The van der Waals surface area contributed by atoms with Crippen LogP contribution in [0.1, 0.15) is 23.2 Å². The topological polar surface area (TPSA) is 40.5 Å². The highest BCUT2D eigenvalue weighted by Crippen LogP contribution is 2.39. The Labute approximate surface area is 126 Å². The van der Waals surface area contributed by atoms with Gasteiger partial charge < -0.3 is 10.0 Å². The Morgan fingerprint density at radius 1 is 1.37 bits per heavy atom. The van der Waals surface area contributed by atoms with E-state index in [1.165, 1.54) is 0 Å².